The zero-order chi connectivity index (χ0) is 12.8. The van der Waals surface area contributed by atoms with E-state index in [4.69, 9.17) is 5.11 Å². The van der Waals surface area contributed by atoms with Gasteiger partial charge in [0.25, 0.3) is 0 Å². The third-order valence-corrected chi connectivity index (χ3v) is 2.76. The van der Waals surface area contributed by atoms with Crippen LogP contribution in [0.2, 0.25) is 0 Å². The summed E-state index contributed by atoms with van der Waals surface area (Å²) in [5.74, 6) is -0.731. The Morgan fingerprint density at radius 2 is 1.88 bits per heavy atom. The van der Waals surface area contributed by atoms with Gasteiger partial charge in [0, 0.05) is 12.5 Å². The third kappa shape index (κ3) is 5.00. The molecule has 17 heavy (non-hydrogen) atoms. The fourth-order valence-electron chi connectivity index (χ4n) is 1.94. The van der Waals surface area contributed by atoms with Gasteiger partial charge >= 0.3 is 5.97 Å². The molecule has 0 aromatic heterocycles. The highest BCUT2D eigenvalue weighted by Gasteiger charge is 2.06. The van der Waals surface area contributed by atoms with Gasteiger partial charge in [-0.25, -0.2) is 0 Å². The van der Waals surface area contributed by atoms with Crippen molar-refractivity contribution in [1.29, 1.82) is 0 Å². The highest BCUT2D eigenvalue weighted by molar-refractivity contribution is 5.66. The molecule has 1 atom stereocenters. The molecular formula is C14H21NO2. The Morgan fingerprint density at radius 3 is 2.41 bits per heavy atom. The number of carbonyl (C=O) groups is 1. The number of hydrogen-bond acceptors (Lipinski definition) is 2. The molecule has 0 aliphatic heterocycles. The maximum atomic E-state index is 10.4. The SMILES string of the molecule is Cc1cc(C)cc(C(C)NCCCC(=O)O)c1. The molecule has 0 bridgehead atoms. The van der Waals surface area contributed by atoms with E-state index in [0.717, 1.165) is 6.54 Å². The fraction of sp³-hybridized carbons (Fsp3) is 0.500. The van der Waals surface area contributed by atoms with Gasteiger partial charge in [-0.1, -0.05) is 29.3 Å². The van der Waals surface area contributed by atoms with E-state index in [1.54, 1.807) is 0 Å². The minimum Gasteiger partial charge on any atom is -0.481 e. The van der Waals surface area contributed by atoms with Crippen molar-refractivity contribution in [1.82, 2.24) is 5.32 Å². The normalized spacial score (nSPS) is 12.4. The number of benzene rings is 1. The Hall–Kier alpha value is -1.35. The average molecular weight is 235 g/mol. The molecule has 94 valence electrons. The zero-order valence-electron chi connectivity index (χ0n) is 10.8. The lowest BCUT2D eigenvalue weighted by Gasteiger charge is -2.15. The van der Waals surface area contributed by atoms with Crippen molar-refractivity contribution in [3.05, 3.63) is 34.9 Å². The summed E-state index contributed by atoms with van der Waals surface area (Å²) in [6.45, 7) is 7.02. The van der Waals surface area contributed by atoms with Gasteiger partial charge in [0.2, 0.25) is 0 Å². The predicted molar refractivity (Wildman–Crippen MR) is 69.2 cm³/mol. The minimum absolute atomic E-state index is 0.229. The molecule has 0 aliphatic carbocycles. The van der Waals surface area contributed by atoms with Gasteiger partial charge in [-0.15, -0.1) is 0 Å². The van der Waals surface area contributed by atoms with Crippen molar-refractivity contribution in [2.75, 3.05) is 6.54 Å². The van der Waals surface area contributed by atoms with Crippen molar-refractivity contribution in [2.45, 2.75) is 39.7 Å². The van der Waals surface area contributed by atoms with Crippen LogP contribution in [0.1, 0.15) is 42.5 Å². The first kappa shape index (κ1) is 13.7. The molecule has 0 radical (unpaired) electrons. The second kappa shape index (κ2) is 6.40. The quantitative estimate of drug-likeness (QED) is 0.745. The standard InChI is InChI=1S/C14H21NO2/c1-10-7-11(2)9-13(8-10)12(3)15-6-4-5-14(16)17/h7-9,12,15H,4-6H2,1-3H3,(H,16,17). The highest BCUT2D eigenvalue weighted by Crippen LogP contribution is 2.16. The first-order valence-corrected chi connectivity index (χ1v) is 6.02. The zero-order valence-corrected chi connectivity index (χ0v) is 10.8. The molecular weight excluding hydrogens is 214 g/mol. The second-order valence-electron chi connectivity index (χ2n) is 4.59. The molecule has 3 heteroatoms. The van der Waals surface area contributed by atoms with Crippen LogP contribution in [-0.4, -0.2) is 17.6 Å². The second-order valence-corrected chi connectivity index (χ2v) is 4.59. The van der Waals surface area contributed by atoms with Gasteiger partial charge in [0.15, 0.2) is 0 Å². The lowest BCUT2D eigenvalue weighted by molar-refractivity contribution is -0.137. The van der Waals surface area contributed by atoms with Crippen LogP contribution in [0.3, 0.4) is 0 Å². The summed E-state index contributed by atoms with van der Waals surface area (Å²) in [6.07, 6.45) is 0.900. The molecule has 0 amide bonds. The lowest BCUT2D eigenvalue weighted by atomic mass is 10.0. The van der Waals surface area contributed by atoms with E-state index >= 15 is 0 Å². The van der Waals surface area contributed by atoms with Crippen LogP contribution in [0.25, 0.3) is 0 Å². The number of rotatable bonds is 6. The van der Waals surface area contributed by atoms with Gasteiger partial charge in [0.1, 0.15) is 0 Å². The fourth-order valence-corrected chi connectivity index (χ4v) is 1.94. The summed E-state index contributed by atoms with van der Waals surface area (Å²) in [6, 6.07) is 6.76. The maximum absolute atomic E-state index is 10.4. The highest BCUT2D eigenvalue weighted by atomic mass is 16.4. The molecule has 2 N–H and O–H groups in total. The van der Waals surface area contributed by atoms with Crippen LogP contribution in [0.5, 0.6) is 0 Å². The van der Waals surface area contributed by atoms with Crippen LogP contribution in [0.15, 0.2) is 18.2 Å². The number of nitrogens with one attached hydrogen (secondary N) is 1. The molecule has 0 fully saturated rings. The molecule has 0 aliphatic rings. The number of hydrogen-bond donors (Lipinski definition) is 2. The Balaban J connectivity index is 2.46. The molecule has 1 aromatic rings. The van der Waals surface area contributed by atoms with Crippen molar-refractivity contribution >= 4 is 5.97 Å². The summed E-state index contributed by atoms with van der Waals surface area (Å²) in [7, 11) is 0. The van der Waals surface area contributed by atoms with E-state index in [1.165, 1.54) is 16.7 Å². The van der Waals surface area contributed by atoms with Crippen molar-refractivity contribution in [2.24, 2.45) is 0 Å². The predicted octanol–water partition coefficient (Wildman–Crippen LogP) is 2.82. The molecule has 0 heterocycles. The molecule has 0 saturated heterocycles. The van der Waals surface area contributed by atoms with Crippen LogP contribution in [-0.2, 0) is 4.79 Å². The Kier molecular flexibility index (Phi) is 5.16. The summed E-state index contributed by atoms with van der Waals surface area (Å²) >= 11 is 0. The smallest absolute Gasteiger partial charge is 0.303 e. The van der Waals surface area contributed by atoms with E-state index in [-0.39, 0.29) is 12.5 Å². The molecule has 1 unspecified atom stereocenters. The van der Waals surface area contributed by atoms with Crippen LogP contribution >= 0.6 is 0 Å². The van der Waals surface area contributed by atoms with Gasteiger partial charge in [0.05, 0.1) is 0 Å². The van der Waals surface area contributed by atoms with Crippen molar-refractivity contribution < 1.29 is 9.90 Å². The van der Waals surface area contributed by atoms with Gasteiger partial charge < -0.3 is 10.4 Å². The van der Waals surface area contributed by atoms with Crippen LogP contribution < -0.4 is 5.32 Å². The van der Waals surface area contributed by atoms with Gasteiger partial charge in [-0.05, 0) is 39.3 Å². The molecule has 0 saturated carbocycles. The van der Waals surface area contributed by atoms with Gasteiger partial charge in [-0.3, -0.25) is 4.79 Å². The molecule has 1 aromatic carbocycles. The third-order valence-electron chi connectivity index (χ3n) is 2.76. The topological polar surface area (TPSA) is 49.3 Å². The van der Waals surface area contributed by atoms with Gasteiger partial charge in [-0.2, -0.15) is 0 Å². The van der Waals surface area contributed by atoms with Crippen LogP contribution in [0, 0.1) is 13.8 Å². The summed E-state index contributed by atoms with van der Waals surface area (Å²) < 4.78 is 0. The van der Waals surface area contributed by atoms with E-state index in [1.807, 2.05) is 0 Å². The first-order valence-electron chi connectivity index (χ1n) is 6.02. The largest absolute Gasteiger partial charge is 0.481 e. The number of carboxylic acid groups (broad SMARTS) is 1. The Bertz CT molecular complexity index is 368. The summed E-state index contributed by atoms with van der Waals surface area (Å²) in [5, 5.41) is 11.9. The first-order chi connectivity index (χ1) is 7.99. The number of aryl methyl sites for hydroxylation is 2. The Labute approximate surface area is 103 Å². The number of aliphatic carboxylic acids is 1. The molecule has 3 nitrogen and oxygen atoms in total. The van der Waals surface area contributed by atoms with Crippen LogP contribution in [0.4, 0.5) is 0 Å². The van der Waals surface area contributed by atoms with Crippen molar-refractivity contribution in [3.63, 3.8) is 0 Å². The summed E-state index contributed by atoms with van der Waals surface area (Å²) in [4.78, 5) is 10.4. The minimum atomic E-state index is -0.731. The van der Waals surface area contributed by atoms with E-state index in [9.17, 15) is 4.79 Å². The average Bonchev–Trinajstić information content (AvgIpc) is 2.22. The number of carboxylic acids is 1. The van der Waals surface area contributed by atoms with E-state index in [0.29, 0.717) is 6.42 Å². The van der Waals surface area contributed by atoms with Crippen molar-refractivity contribution in [3.8, 4) is 0 Å². The molecule has 0 spiro atoms. The lowest BCUT2D eigenvalue weighted by Crippen LogP contribution is -2.20. The Morgan fingerprint density at radius 1 is 1.29 bits per heavy atom. The van der Waals surface area contributed by atoms with E-state index in [2.05, 4.69) is 44.3 Å². The summed E-state index contributed by atoms with van der Waals surface area (Å²) in [5.41, 5.74) is 3.79. The molecule has 1 rings (SSSR count). The van der Waals surface area contributed by atoms with E-state index < -0.39 is 5.97 Å². The monoisotopic (exact) mass is 235 g/mol. The maximum Gasteiger partial charge on any atom is 0.303 e.